The van der Waals surface area contributed by atoms with Gasteiger partial charge in [-0.05, 0) is 55.7 Å². The number of alkyl halides is 2. The van der Waals surface area contributed by atoms with E-state index >= 15 is 0 Å². The molecule has 2 rings (SSSR count). The molecule has 0 N–H and O–H groups in total. The Balaban J connectivity index is 1.63. The molecule has 1 saturated carbocycles. The van der Waals surface area contributed by atoms with Gasteiger partial charge in [0.25, 0.3) is 6.43 Å². The largest absolute Gasteiger partial charge is 0.494 e. The van der Waals surface area contributed by atoms with Gasteiger partial charge in [-0.25, -0.2) is 8.78 Å². The fourth-order valence-corrected chi connectivity index (χ4v) is 4.01. The summed E-state index contributed by atoms with van der Waals surface area (Å²) in [6, 6.07) is 8.28. The summed E-state index contributed by atoms with van der Waals surface area (Å²) in [6.45, 7) is 2.21. The van der Waals surface area contributed by atoms with E-state index in [1.165, 1.54) is 44.1 Å². The van der Waals surface area contributed by atoms with Gasteiger partial charge in [0.15, 0.2) is 6.61 Å². The molecule has 0 radical (unpaired) electrons. The second kappa shape index (κ2) is 13.6. The van der Waals surface area contributed by atoms with Gasteiger partial charge in [0.05, 0.1) is 12.5 Å². The summed E-state index contributed by atoms with van der Waals surface area (Å²) >= 11 is 0. The van der Waals surface area contributed by atoms with Crippen LogP contribution < -0.4 is 4.74 Å². The van der Waals surface area contributed by atoms with Crippen molar-refractivity contribution in [3.8, 4) is 5.75 Å². The summed E-state index contributed by atoms with van der Waals surface area (Å²) in [5, 5.41) is 0. The van der Waals surface area contributed by atoms with Gasteiger partial charge in [0.1, 0.15) is 5.75 Å². The minimum atomic E-state index is -2.60. The molecular formula is C24H36F2O3. The maximum Gasteiger partial charge on any atom is 0.309 e. The second-order valence-electron chi connectivity index (χ2n) is 8.11. The third-order valence-electron chi connectivity index (χ3n) is 5.78. The van der Waals surface area contributed by atoms with Gasteiger partial charge in [-0.15, -0.1) is 0 Å². The highest BCUT2D eigenvalue weighted by atomic mass is 19.3. The summed E-state index contributed by atoms with van der Waals surface area (Å²) in [6.07, 6.45) is 9.48. The van der Waals surface area contributed by atoms with Gasteiger partial charge in [-0.2, -0.15) is 0 Å². The van der Waals surface area contributed by atoms with Crippen LogP contribution in [-0.2, 0) is 9.53 Å². The Morgan fingerprint density at radius 1 is 0.966 bits per heavy atom. The van der Waals surface area contributed by atoms with Gasteiger partial charge < -0.3 is 9.47 Å². The molecule has 1 aliphatic carbocycles. The topological polar surface area (TPSA) is 35.5 Å². The van der Waals surface area contributed by atoms with Gasteiger partial charge in [-0.1, -0.05) is 57.6 Å². The molecule has 1 aromatic rings. The van der Waals surface area contributed by atoms with Crippen LogP contribution >= 0.6 is 0 Å². The number of hydrogen-bond acceptors (Lipinski definition) is 3. The molecule has 1 aliphatic rings. The normalized spacial score (nSPS) is 19.3. The van der Waals surface area contributed by atoms with E-state index in [4.69, 9.17) is 4.74 Å². The molecular weight excluding hydrogens is 374 g/mol. The highest BCUT2D eigenvalue weighted by Crippen LogP contribution is 2.36. The molecule has 29 heavy (non-hydrogen) atoms. The minimum Gasteiger partial charge on any atom is -0.494 e. The van der Waals surface area contributed by atoms with E-state index < -0.39 is 19.0 Å². The van der Waals surface area contributed by atoms with Crippen LogP contribution in [0.25, 0.3) is 0 Å². The van der Waals surface area contributed by atoms with Crippen molar-refractivity contribution >= 4 is 5.97 Å². The first kappa shape index (κ1) is 23.6. The lowest BCUT2D eigenvalue weighted by molar-refractivity contribution is -0.153. The predicted molar refractivity (Wildman–Crippen MR) is 112 cm³/mol. The standard InChI is InChI=1S/C24H36F2O3/c1-2-3-4-5-6-7-8-17-28-22-15-13-20(14-16-22)19-9-11-21(12-10-19)24(27)29-18-23(25)26/h13-16,19,21,23H,2-12,17-18H2,1H3/t19-,21-. The molecule has 3 nitrogen and oxygen atoms in total. The molecule has 0 heterocycles. The van der Waals surface area contributed by atoms with Crippen molar-refractivity contribution in [3.63, 3.8) is 0 Å². The average molecular weight is 411 g/mol. The van der Waals surface area contributed by atoms with Gasteiger partial charge in [0.2, 0.25) is 0 Å². The molecule has 0 atom stereocenters. The molecule has 0 unspecified atom stereocenters. The van der Waals surface area contributed by atoms with Gasteiger partial charge >= 0.3 is 5.97 Å². The van der Waals surface area contributed by atoms with Crippen LogP contribution in [0.5, 0.6) is 5.75 Å². The number of carbonyl (C=O) groups is 1. The maximum atomic E-state index is 12.2. The maximum absolute atomic E-state index is 12.2. The number of unbranched alkanes of at least 4 members (excludes halogenated alkanes) is 6. The first-order valence-electron chi connectivity index (χ1n) is 11.3. The Kier molecular flexibility index (Phi) is 11.0. The van der Waals surface area contributed by atoms with E-state index in [2.05, 4.69) is 23.8 Å². The SMILES string of the molecule is CCCCCCCCCOc1ccc([C@H]2CC[C@H](C(=O)OCC(F)F)CC2)cc1. The fraction of sp³-hybridized carbons (Fsp3) is 0.708. The molecule has 0 bridgehead atoms. The molecule has 0 aliphatic heterocycles. The number of halogens is 2. The summed E-state index contributed by atoms with van der Waals surface area (Å²) in [7, 11) is 0. The zero-order chi connectivity index (χ0) is 20.9. The summed E-state index contributed by atoms with van der Waals surface area (Å²) in [4.78, 5) is 11.8. The fourth-order valence-electron chi connectivity index (χ4n) is 4.01. The molecule has 5 heteroatoms. The average Bonchev–Trinajstić information content (AvgIpc) is 2.74. The van der Waals surface area contributed by atoms with Crippen LogP contribution in [0.3, 0.4) is 0 Å². The van der Waals surface area contributed by atoms with Gasteiger partial charge in [-0.3, -0.25) is 4.79 Å². The Hall–Kier alpha value is -1.65. The first-order valence-corrected chi connectivity index (χ1v) is 11.3. The smallest absolute Gasteiger partial charge is 0.309 e. The molecule has 0 aromatic heterocycles. The number of carbonyl (C=O) groups excluding carboxylic acids is 1. The highest BCUT2D eigenvalue weighted by molar-refractivity contribution is 5.72. The predicted octanol–water partition coefficient (Wildman–Crippen LogP) is 6.90. The molecule has 0 saturated heterocycles. The summed E-state index contributed by atoms with van der Waals surface area (Å²) in [5.41, 5.74) is 1.26. The van der Waals surface area contributed by atoms with E-state index in [-0.39, 0.29) is 5.92 Å². The number of ether oxygens (including phenoxy) is 2. The Bertz CT molecular complexity index is 566. The third kappa shape index (κ3) is 9.14. The summed E-state index contributed by atoms with van der Waals surface area (Å²) < 4.78 is 34.8. The molecule has 164 valence electrons. The van der Waals surface area contributed by atoms with E-state index in [1.54, 1.807) is 0 Å². The Morgan fingerprint density at radius 3 is 2.21 bits per heavy atom. The zero-order valence-electron chi connectivity index (χ0n) is 17.7. The Labute approximate surface area is 174 Å². The third-order valence-corrected chi connectivity index (χ3v) is 5.78. The van der Waals surface area contributed by atoms with Crippen LogP contribution in [0.1, 0.15) is 89.0 Å². The van der Waals surface area contributed by atoms with E-state index in [1.807, 2.05) is 12.1 Å². The van der Waals surface area contributed by atoms with Crippen LogP contribution in [0.2, 0.25) is 0 Å². The van der Waals surface area contributed by atoms with Gasteiger partial charge in [0, 0.05) is 0 Å². The molecule has 1 aromatic carbocycles. The van der Waals surface area contributed by atoms with Crippen molar-refractivity contribution in [3.05, 3.63) is 29.8 Å². The zero-order valence-corrected chi connectivity index (χ0v) is 17.7. The monoisotopic (exact) mass is 410 g/mol. The van der Waals surface area contributed by atoms with Crippen molar-refractivity contribution in [2.75, 3.05) is 13.2 Å². The lowest BCUT2D eigenvalue weighted by Gasteiger charge is -2.27. The van der Waals surface area contributed by atoms with Crippen molar-refractivity contribution in [1.82, 2.24) is 0 Å². The number of hydrogen-bond donors (Lipinski definition) is 0. The molecule has 0 spiro atoms. The number of benzene rings is 1. The highest BCUT2D eigenvalue weighted by Gasteiger charge is 2.28. The van der Waals surface area contributed by atoms with Crippen LogP contribution in [0.4, 0.5) is 8.78 Å². The second-order valence-corrected chi connectivity index (χ2v) is 8.11. The van der Waals surface area contributed by atoms with Crippen molar-refractivity contribution < 1.29 is 23.0 Å². The quantitative estimate of drug-likeness (QED) is 0.262. The van der Waals surface area contributed by atoms with Crippen molar-refractivity contribution in [1.29, 1.82) is 0 Å². The van der Waals surface area contributed by atoms with E-state index in [0.29, 0.717) is 18.8 Å². The summed E-state index contributed by atoms with van der Waals surface area (Å²) in [5.74, 6) is 0.600. The van der Waals surface area contributed by atoms with Crippen LogP contribution in [0.15, 0.2) is 24.3 Å². The number of rotatable bonds is 13. The first-order chi connectivity index (χ1) is 14.1. The molecule has 1 fully saturated rings. The minimum absolute atomic E-state index is 0.241. The molecule has 0 amide bonds. The van der Waals surface area contributed by atoms with Crippen LogP contribution in [0, 0.1) is 5.92 Å². The lowest BCUT2D eigenvalue weighted by Crippen LogP contribution is -2.24. The van der Waals surface area contributed by atoms with Crippen molar-refractivity contribution in [2.24, 2.45) is 5.92 Å². The van der Waals surface area contributed by atoms with Crippen LogP contribution in [-0.4, -0.2) is 25.6 Å². The number of esters is 1. The Morgan fingerprint density at radius 2 is 1.59 bits per heavy atom. The lowest BCUT2D eigenvalue weighted by atomic mass is 9.79. The van der Waals surface area contributed by atoms with E-state index in [9.17, 15) is 13.6 Å². The van der Waals surface area contributed by atoms with E-state index in [0.717, 1.165) is 31.6 Å². The van der Waals surface area contributed by atoms with Crippen molar-refractivity contribution in [2.45, 2.75) is 89.9 Å².